The molecule has 3 aromatic carbocycles. The third-order valence-electron chi connectivity index (χ3n) is 4.65. The number of aromatic amines is 1. The van der Waals surface area contributed by atoms with Gasteiger partial charge in [0.1, 0.15) is 6.61 Å². The fourth-order valence-electron chi connectivity index (χ4n) is 3.09. The number of nitro benzene ring substituents is 1. The highest BCUT2D eigenvalue weighted by Gasteiger charge is 2.19. The van der Waals surface area contributed by atoms with Gasteiger partial charge in [-0.2, -0.15) is 5.10 Å². The maximum atomic E-state index is 12.7. The first-order chi connectivity index (χ1) is 15.5. The average molecular weight is 451 g/mol. The van der Waals surface area contributed by atoms with Gasteiger partial charge in [-0.15, -0.1) is 4.68 Å². The van der Waals surface area contributed by atoms with E-state index in [2.05, 4.69) is 10.1 Å². The molecule has 0 saturated heterocycles. The van der Waals surface area contributed by atoms with E-state index in [4.69, 9.17) is 16.3 Å². The van der Waals surface area contributed by atoms with Crippen molar-refractivity contribution in [3.63, 3.8) is 0 Å². The number of para-hydroxylation sites is 2. The lowest BCUT2D eigenvalue weighted by Crippen LogP contribution is -2.32. The Morgan fingerprint density at radius 3 is 2.59 bits per heavy atom. The van der Waals surface area contributed by atoms with Gasteiger partial charge in [-0.05, 0) is 24.3 Å². The zero-order chi connectivity index (χ0) is 22.7. The summed E-state index contributed by atoms with van der Waals surface area (Å²) in [6, 6.07) is 17.7. The summed E-state index contributed by atoms with van der Waals surface area (Å²) in [5.41, 5.74) is -0.421. The Hall–Kier alpha value is -4.24. The molecule has 10 heteroatoms. The second kappa shape index (κ2) is 8.86. The van der Waals surface area contributed by atoms with Gasteiger partial charge < -0.3 is 9.72 Å². The van der Waals surface area contributed by atoms with Crippen molar-refractivity contribution in [1.82, 2.24) is 9.66 Å². The number of ether oxygens (including phenoxy) is 1. The van der Waals surface area contributed by atoms with Crippen molar-refractivity contribution in [3.8, 4) is 5.75 Å². The summed E-state index contributed by atoms with van der Waals surface area (Å²) in [5, 5.41) is 16.2. The van der Waals surface area contributed by atoms with Crippen molar-refractivity contribution in [1.29, 1.82) is 0 Å². The standard InChI is InChI=1S/C22H15ClN4O5/c23-17-9-3-1-6-15(17)13-32-20-14(7-5-11-19(20)27(30)31)12-24-26-21(28)16-8-2-4-10-18(16)25-22(26)29/h1-12H,13H2,(H,25,29). The van der Waals surface area contributed by atoms with Crippen LogP contribution in [0.2, 0.25) is 5.02 Å². The molecule has 0 spiro atoms. The zero-order valence-corrected chi connectivity index (χ0v) is 17.2. The highest BCUT2D eigenvalue weighted by Crippen LogP contribution is 2.31. The molecule has 0 fully saturated rings. The van der Waals surface area contributed by atoms with Crippen LogP contribution in [0, 0.1) is 10.1 Å². The molecule has 0 saturated carbocycles. The molecule has 0 aliphatic carbocycles. The van der Waals surface area contributed by atoms with Crippen molar-refractivity contribution in [3.05, 3.63) is 114 Å². The molecule has 4 aromatic rings. The Morgan fingerprint density at radius 2 is 1.81 bits per heavy atom. The lowest BCUT2D eigenvalue weighted by molar-refractivity contribution is -0.385. The number of nitro groups is 1. The van der Waals surface area contributed by atoms with Crippen molar-refractivity contribution < 1.29 is 9.66 Å². The molecular formula is C22H15ClN4O5. The van der Waals surface area contributed by atoms with Crippen LogP contribution in [-0.2, 0) is 6.61 Å². The quantitative estimate of drug-likeness (QED) is 0.273. The Kier molecular flexibility index (Phi) is 5.82. The summed E-state index contributed by atoms with van der Waals surface area (Å²) in [5.74, 6) is -0.0635. The van der Waals surface area contributed by atoms with E-state index in [9.17, 15) is 19.7 Å². The van der Waals surface area contributed by atoms with Gasteiger partial charge >= 0.3 is 11.4 Å². The molecule has 1 heterocycles. The number of hydrogen-bond acceptors (Lipinski definition) is 6. The number of nitrogens with zero attached hydrogens (tertiary/aromatic N) is 3. The number of rotatable bonds is 6. The highest BCUT2D eigenvalue weighted by molar-refractivity contribution is 6.31. The monoisotopic (exact) mass is 450 g/mol. The zero-order valence-electron chi connectivity index (χ0n) is 16.4. The largest absolute Gasteiger partial charge is 0.481 e. The van der Waals surface area contributed by atoms with E-state index in [-0.39, 0.29) is 29.0 Å². The van der Waals surface area contributed by atoms with Crippen molar-refractivity contribution in [2.75, 3.05) is 0 Å². The van der Waals surface area contributed by atoms with Crippen LogP contribution in [0.3, 0.4) is 0 Å². The first-order valence-electron chi connectivity index (χ1n) is 9.38. The molecule has 0 bridgehead atoms. The first kappa shape index (κ1) is 21.0. The molecule has 0 aliphatic rings. The maximum absolute atomic E-state index is 12.7. The number of aromatic nitrogens is 2. The molecule has 4 rings (SSSR count). The molecular weight excluding hydrogens is 436 g/mol. The van der Waals surface area contributed by atoms with E-state index in [1.54, 1.807) is 48.5 Å². The van der Waals surface area contributed by atoms with Gasteiger partial charge in [0.15, 0.2) is 0 Å². The summed E-state index contributed by atoms with van der Waals surface area (Å²) in [7, 11) is 0. The number of nitrogens with one attached hydrogen (secondary N) is 1. The van der Waals surface area contributed by atoms with Crippen molar-refractivity contribution in [2.24, 2.45) is 5.10 Å². The van der Waals surface area contributed by atoms with Crippen molar-refractivity contribution in [2.45, 2.75) is 6.61 Å². The van der Waals surface area contributed by atoms with E-state index in [0.717, 1.165) is 0 Å². The number of halogens is 1. The maximum Gasteiger partial charge on any atom is 0.349 e. The summed E-state index contributed by atoms with van der Waals surface area (Å²) < 4.78 is 6.38. The summed E-state index contributed by atoms with van der Waals surface area (Å²) in [6.07, 6.45) is 1.17. The second-order valence-corrected chi connectivity index (χ2v) is 7.08. The molecule has 0 radical (unpaired) electrons. The van der Waals surface area contributed by atoms with E-state index in [1.165, 1.54) is 24.4 Å². The number of fused-ring (bicyclic) bond motifs is 1. The smallest absolute Gasteiger partial charge is 0.349 e. The molecule has 1 N–H and O–H groups in total. The van der Waals surface area contributed by atoms with Crippen LogP contribution in [-0.4, -0.2) is 20.8 Å². The van der Waals surface area contributed by atoms with Gasteiger partial charge in [0.2, 0.25) is 5.75 Å². The Balaban J connectivity index is 1.75. The van der Waals surface area contributed by atoms with Gasteiger partial charge in [-0.1, -0.05) is 48.0 Å². The van der Waals surface area contributed by atoms with Crippen LogP contribution in [0.25, 0.3) is 10.9 Å². The molecule has 32 heavy (non-hydrogen) atoms. The third kappa shape index (κ3) is 4.14. The number of H-pyrrole nitrogens is 1. The average Bonchev–Trinajstić information content (AvgIpc) is 2.78. The Morgan fingerprint density at radius 1 is 1.06 bits per heavy atom. The van der Waals surface area contributed by atoms with Crippen LogP contribution < -0.4 is 16.0 Å². The number of benzene rings is 3. The third-order valence-corrected chi connectivity index (χ3v) is 5.02. The van der Waals surface area contributed by atoms with Crippen LogP contribution in [0.1, 0.15) is 11.1 Å². The molecule has 1 aromatic heterocycles. The van der Waals surface area contributed by atoms with E-state index in [0.29, 0.717) is 20.8 Å². The van der Waals surface area contributed by atoms with Crippen molar-refractivity contribution >= 4 is 34.4 Å². The van der Waals surface area contributed by atoms with E-state index in [1.807, 2.05) is 0 Å². The summed E-state index contributed by atoms with van der Waals surface area (Å²) in [4.78, 5) is 38.5. The first-order valence-corrected chi connectivity index (χ1v) is 9.75. The molecule has 0 aliphatic heterocycles. The topological polar surface area (TPSA) is 120 Å². The lowest BCUT2D eigenvalue weighted by atomic mass is 10.2. The lowest BCUT2D eigenvalue weighted by Gasteiger charge is -2.10. The molecule has 160 valence electrons. The fourth-order valence-corrected chi connectivity index (χ4v) is 3.28. The summed E-state index contributed by atoms with van der Waals surface area (Å²) >= 11 is 6.14. The van der Waals surface area contributed by atoms with Crippen LogP contribution in [0.4, 0.5) is 5.69 Å². The molecule has 0 amide bonds. The minimum absolute atomic E-state index is 0.0259. The van der Waals surface area contributed by atoms with Gasteiger partial charge in [0, 0.05) is 22.2 Å². The van der Waals surface area contributed by atoms with Gasteiger partial charge in [-0.3, -0.25) is 14.9 Å². The predicted molar refractivity (Wildman–Crippen MR) is 121 cm³/mol. The number of hydrogen-bond donors (Lipinski definition) is 1. The SMILES string of the molecule is O=c1[nH]c2ccccc2c(=O)n1N=Cc1cccc([N+](=O)[O-])c1OCc1ccccc1Cl. The van der Waals surface area contributed by atoms with Gasteiger partial charge in [0.05, 0.1) is 22.0 Å². The normalized spacial score (nSPS) is 11.2. The Bertz CT molecular complexity index is 1480. The minimum Gasteiger partial charge on any atom is -0.481 e. The molecule has 0 unspecified atom stereocenters. The fraction of sp³-hybridized carbons (Fsp3) is 0.0455. The van der Waals surface area contributed by atoms with E-state index >= 15 is 0 Å². The van der Waals surface area contributed by atoms with Gasteiger partial charge in [0.25, 0.3) is 5.56 Å². The minimum atomic E-state index is -0.742. The van der Waals surface area contributed by atoms with Gasteiger partial charge in [-0.25, -0.2) is 4.79 Å². The van der Waals surface area contributed by atoms with Crippen LogP contribution in [0.15, 0.2) is 81.4 Å². The Labute approximate surface area is 185 Å². The highest BCUT2D eigenvalue weighted by atomic mass is 35.5. The predicted octanol–water partition coefficient (Wildman–Crippen LogP) is 3.71. The van der Waals surface area contributed by atoms with Crippen LogP contribution in [0.5, 0.6) is 5.75 Å². The molecule has 0 atom stereocenters. The summed E-state index contributed by atoms with van der Waals surface area (Å²) in [6.45, 7) is -0.0259. The molecule has 9 nitrogen and oxygen atoms in total. The second-order valence-electron chi connectivity index (χ2n) is 6.67. The van der Waals surface area contributed by atoms with E-state index < -0.39 is 16.2 Å². The van der Waals surface area contributed by atoms with Crippen LogP contribution >= 0.6 is 11.6 Å².